The first-order valence-electron chi connectivity index (χ1n) is 8.37. The fraction of sp³-hybridized carbons (Fsp3) is 0.150. The van der Waals surface area contributed by atoms with Crippen LogP contribution in [0.1, 0.15) is 40.4 Å². The molecular formula is C20H17N3O3. The number of pyridine rings is 1. The lowest BCUT2D eigenvalue weighted by atomic mass is 10.1. The lowest BCUT2D eigenvalue weighted by Gasteiger charge is -2.08. The van der Waals surface area contributed by atoms with E-state index in [1.165, 1.54) is 24.4 Å². The van der Waals surface area contributed by atoms with Gasteiger partial charge in [-0.05, 0) is 37.1 Å². The van der Waals surface area contributed by atoms with Gasteiger partial charge in [-0.1, -0.05) is 18.2 Å². The molecule has 4 rings (SSSR count). The third-order valence-electron chi connectivity index (χ3n) is 4.36. The van der Waals surface area contributed by atoms with Crippen LogP contribution in [0.4, 0.5) is 0 Å². The van der Waals surface area contributed by atoms with Crippen molar-refractivity contribution < 1.29 is 15.0 Å². The van der Waals surface area contributed by atoms with Crippen molar-refractivity contribution in [2.75, 3.05) is 0 Å². The van der Waals surface area contributed by atoms with E-state index in [-0.39, 0.29) is 17.4 Å². The molecule has 1 aliphatic rings. The van der Waals surface area contributed by atoms with Gasteiger partial charge >= 0.3 is 0 Å². The summed E-state index contributed by atoms with van der Waals surface area (Å²) in [6.07, 6.45) is 3.53. The molecule has 0 aliphatic heterocycles. The van der Waals surface area contributed by atoms with Gasteiger partial charge in [-0.2, -0.15) is 5.10 Å². The predicted octanol–water partition coefficient (Wildman–Crippen LogP) is 3.29. The summed E-state index contributed by atoms with van der Waals surface area (Å²) < 4.78 is 0. The number of hydrazone groups is 1. The summed E-state index contributed by atoms with van der Waals surface area (Å²) in [6, 6.07) is 13.5. The minimum absolute atomic E-state index is 0.0421. The van der Waals surface area contributed by atoms with E-state index in [1.807, 2.05) is 30.3 Å². The van der Waals surface area contributed by atoms with E-state index in [2.05, 4.69) is 15.5 Å². The summed E-state index contributed by atoms with van der Waals surface area (Å²) in [7, 11) is 0. The lowest BCUT2D eigenvalue weighted by Crippen LogP contribution is -2.18. The van der Waals surface area contributed by atoms with Gasteiger partial charge in [-0.25, -0.2) is 5.43 Å². The summed E-state index contributed by atoms with van der Waals surface area (Å²) in [5, 5.41) is 23.7. The quantitative estimate of drug-likeness (QED) is 0.498. The van der Waals surface area contributed by atoms with E-state index in [9.17, 15) is 15.0 Å². The van der Waals surface area contributed by atoms with Gasteiger partial charge in [-0.3, -0.25) is 9.78 Å². The van der Waals surface area contributed by atoms with Gasteiger partial charge in [0.2, 0.25) is 0 Å². The van der Waals surface area contributed by atoms with E-state index >= 15 is 0 Å². The summed E-state index contributed by atoms with van der Waals surface area (Å²) in [5.74, 6) is -0.0588. The second-order valence-electron chi connectivity index (χ2n) is 6.33. The van der Waals surface area contributed by atoms with Gasteiger partial charge in [0.1, 0.15) is 11.5 Å². The smallest absolute Gasteiger partial charge is 0.272 e. The maximum atomic E-state index is 12.6. The molecule has 0 atom stereocenters. The maximum absolute atomic E-state index is 12.6. The van der Waals surface area contributed by atoms with Crippen molar-refractivity contribution in [3.05, 3.63) is 65.4 Å². The Morgan fingerprint density at radius 1 is 1.15 bits per heavy atom. The van der Waals surface area contributed by atoms with Gasteiger partial charge in [0.05, 0.1) is 17.3 Å². The molecule has 2 aromatic carbocycles. The fourth-order valence-corrected chi connectivity index (χ4v) is 2.83. The number of fused-ring (bicyclic) bond motifs is 1. The molecule has 1 heterocycles. The number of para-hydroxylation sites is 1. The van der Waals surface area contributed by atoms with Crippen LogP contribution in [0, 0.1) is 0 Å². The number of rotatable bonds is 4. The van der Waals surface area contributed by atoms with Gasteiger partial charge in [0, 0.05) is 28.6 Å². The number of phenolic OH excluding ortho intramolecular Hbond substituents is 2. The third kappa shape index (κ3) is 3.21. The maximum Gasteiger partial charge on any atom is 0.272 e. The van der Waals surface area contributed by atoms with E-state index in [1.54, 1.807) is 0 Å². The molecule has 3 aromatic rings. The second kappa shape index (κ2) is 6.48. The Kier molecular flexibility index (Phi) is 4.01. The van der Waals surface area contributed by atoms with Crippen LogP contribution in [0.2, 0.25) is 0 Å². The Morgan fingerprint density at radius 3 is 2.73 bits per heavy atom. The molecule has 130 valence electrons. The van der Waals surface area contributed by atoms with Crippen LogP contribution in [0.5, 0.6) is 11.5 Å². The highest BCUT2D eigenvalue weighted by Crippen LogP contribution is 2.40. The standard InChI is InChI=1S/C20H17N3O3/c24-14-8-7-13(19(25)9-14)11-21-23-20(26)16-10-18(12-5-6-12)22-17-4-2-1-3-15(16)17/h1-4,7-12,24-25H,5-6H2,(H,23,26). The van der Waals surface area contributed by atoms with Crippen LogP contribution in [0.15, 0.2) is 53.6 Å². The van der Waals surface area contributed by atoms with Crippen LogP contribution in [0.25, 0.3) is 10.9 Å². The minimum Gasteiger partial charge on any atom is -0.508 e. The molecule has 0 saturated heterocycles. The van der Waals surface area contributed by atoms with Crippen molar-refractivity contribution in [2.45, 2.75) is 18.8 Å². The topological polar surface area (TPSA) is 94.8 Å². The van der Waals surface area contributed by atoms with E-state index in [0.29, 0.717) is 17.0 Å². The first kappa shape index (κ1) is 16.1. The fourth-order valence-electron chi connectivity index (χ4n) is 2.83. The van der Waals surface area contributed by atoms with Crippen molar-refractivity contribution in [1.29, 1.82) is 0 Å². The first-order valence-corrected chi connectivity index (χ1v) is 8.37. The van der Waals surface area contributed by atoms with Crippen LogP contribution in [-0.2, 0) is 0 Å². The molecule has 6 heteroatoms. The van der Waals surface area contributed by atoms with Crippen molar-refractivity contribution in [3.63, 3.8) is 0 Å². The van der Waals surface area contributed by atoms with E-state index in [4.69, 9.17) is 0 Å². The summed E-state index contributed by atoms with van der Waals surface area (Å²) in [4.78, 5) is 17.3. The third-order valence-corrected chi connectivity index (χ3v) is 4.36. The number of nitrogens with one attached hydrogen (secondary N) is 1. The number of phenols is 2. The molecule has 0 radical (unpaired) electrons. The summed E-state index contributed by atoms with van der Waals surface area (Å²) in [6.45, 7) is 0. The average Bonchev–Trinajstić information content (AvgIpc) is 3.47. The highest BCUT2D eigenvalue weighted by atomic mass is 16.3. The Bertz CT molecular complexity index is 1030. The van der Waals surface area contributed by atoms with Gasteiger partial charge < -0.3 is 10.2 Å². The highest BCUT2D eigenvalue weighted by molar-refractivity contribution is 6.06. The van der Waals surface area contributed by atoms with E-state index in [0.717, 1.165) is 29.4 Å². The molecule has 1 fully saturated rings. The molecule has 1 aromatic heterocycles. The monoisotopic (exact) mass is 347 g/mol. The van der Waals surface area contributed by atoms with Crippen LogP contribution in [-0.4, -0.2) is 27.3 Å². The molecule has 3 N–H and O–H groups in total. The Morgan fingerprint density at radius 2 is 1.96 bits per heavy atom. The van der Waals surface area contributed by atoms with Gasteiger partial charge in [-0.15, -0.1) is 0 Å². The largest absolute Gasteiger partial charge is 0.508 e. The first-order chi connectivity index (χ1) is 12.6. The molecule has 1 amide bonds. The summed E-state index contributed by atoms with van der Waals surface area (Å²) in [5.41, 5.74) is 5.15. The van der Waals surface area contributed by atoms with Gasteiger partial charge in [0.25, 0.3) is 5.91 Å². The summed E-state index contributed by atoms with van der Waals surface area (Å²) >= 11 is 0. The minimum atomic E-state index is -0.333. The number of carbonyl (C=O) groups excluding carboxylic acids is 1. The number of aromatic nitrogens is 1. The van der Waals surface area contributed by atoms with Crippen LogP contribution in [0.3, 0.4) is 0 Å². The Balaban J connectivity index is 1.60. The number of amides is 1. The van der Waals surface area contributed by atoms with Crippen molar-refractivity contribution >= 4 is 23.0 Å². The molecule has 6 nitrogen and oxygen atoms in total. The highest BCUT2D eigenvalue weighted by Gasteiger charge is 2.26. The number of nitrogens with zero attached hydrogens (tertiary/aromatic N) is 2. The number of hydrogen-bond donors (Lipinski definition) is 3. The molecule has 26 heavy (non-hydrogen) atoms. The molecule has 0 bridgehead atoms. The molecular weight excluding hydrogens is 330 g/mol. The van der Waals surface area contributed by atoms with Crippen molar-refractivity contribution in [3.8, 4) is 11.5 Å². The van der Waals surface area contributed by atoms with Crippen LogP contribution >= 0.6 is 0 Å². The number of aromatic hydroxyl groups is 2. The zero-order valence-corrected chi connectivity index (χ0v) is 13.9. The normalized spacial score (nSPS) is 14.0. The lowest BCUT2D eigenvalue weighted by molar-refractivity contribution is 0.0956. The van der Waals surface area contributed by atoms with Crippen LogP contribution < -0.4 is 5.43 Å². The molecule has 1 saturated carbocycles. The number of benzene rings is 2. The molecule has 0 spiro atoms. The predicted molar refractivity (Wildman–Crippen MR) is 98.5 cm³/mol. The number of carbonyl (C=O) groups is 1. The number of hydrogen-bond acceptors (Lipinski definition) is 5. The average molecular weight is 347 g/mol. The zero-order chi connectivity index (χ0) is 18.1. The molecule has 1 aliphatic carbocycles. The Labute approximate surface area is 149 Å². The molecule has 0 unspecified atom stereocenters. The SMILES string of the molecule is O=C(NN=Cc1ccc(O)cc1O)c1cc(C2CC2)nc2ccccc12. The zero-order valence-electron chi connectivity index (χ0n) is 13.9. The van der Waals surface area contributed by atoms with Crippen molar-refractivity contribution in [1.82, 2.24) is 10.4 Å². The van der Waals surface area contributed by atoms with Crippen molar-refractivity contribution in [2.24, 2.45) is 5.10 Å². The van der Waals surface area contributed by atoms with E-state index < -0.39 is 0 Å². The Hall–Kier alpha value is -3.41. The second-order valence-corrected chi connectivity index (χ2v) is 6.33. The van der Waals surface area contributed by atoms with Gasteiger partial charge in [0.15, 0.2) is 0 Å².